The number of fused-ring (bicyclic) bond motifs is 6. The molecule has 4 aromatic carbocycles. The Balaban J connectivity index is 1.49. The molecule has 0 saturated carbocycles. The zero-order valence-corrected chi connectivity index (χ0v) is 30.5. The topological polar surface area (TPSA) is 157 Å². The summed E-state index contributed by atoms with van der Waals surface area (Å²) in [7, 11) is 9.42. The van der Waals surface area contributed by atoms with Crippen LogP contribution in [0.3, 0.4) is 0 Å². The summed E-state index contributed by atoms with van der Waals surface area (Å²) in [4.78, 5) is 28.2. The predicted molar refractivity (Wildman–Crippen MR) is 209 cm³/mol. The maximum atomic E-state index is 11.7. The van der Waals surface area contributed by atoms with E-state index in [1.165, 1.54) is 24.3 Å². The lowest BCUT2D eigenvalue weighted by Gasteiger charge is -2.40. The van der Waals surface area contributed by atoms with Crippen molar-refractivity contribution in [3.63, 3.8) is 0 Å². The number of hydrogen-bond donors (Lipinski definition) is 0. The molecule has 0 amide bonds. The number of nitriles is 2. The standard InChI is InChI=1S/C41H33N10O4/c1-44(2)41-32(24-43)37(39-38(31-11-7-9-13-34(31)46(39)4)49(41)27-16-20-29(21-17-27)51(54)55)47(5)40-25(23-42)22-35-36(30-10-6-8-12-33(30)45(35)3)48(40)26-14-18-28(19-15-26)50(52)53/h6-22,37H,1-5H3/q+1. The van der Waals surface area contributed by atoms with Gasteiger partial charge in [0.2, 0.25) is 0 Å². The molecule has 4 heterocycles. The van der Waals surface area contributed by atoms with Crippen molar-refractivity contribution in [3.8, 4) is 17.8 Å². The van der Waals surface area contributed by atoms with Crippen LogP contribution in [0.15, 0.2) is 115 Å². The third-order valence-corrected chi connectivity index (χ3v) is 10.4. The van der Waals surface area contributed by atoms with Gasteiger partial charge in [0, 0.05) is 68.9 Å². The van der Waals surface area contributed by atoms with Gasteiger partial charge < -0.3 is 14.0 Å². The van der Waals surface area contributed by atoms with E-state index in [9.17, 15) is 30.8 Å². The number of nitro groups is 2. The Hall–Kier alpha value is -7.71. The lowest BCUT2D eigenvalue weighted by molar-refractivity contribution is -0.553. The van der Waals surface area contributed by atoms with E-state index in [4.69, 9.17) is 0 Å². The molecule has 0 saturated heterocycles. The van der Waals surface area contributed by atoms with Crippen LogP contribution in [0.2, 0.25) is 0 Å². The molecule has 14 heteroatoms. The predicted octanol–water partition coefficient (Wildman–Crippen LogP) is 7.41. The summed E-state index contributed by atoms with van der Waals surface area (Å²) >= 11 is 0. The molecule has 1 unspecified atom stereocenters. The summed E-state index contributed by atoms with van der Waals surface area (Å²) in [5.41, 5.74) is 6.66. The smallest absolute Gasteiger partial charge is 0.301 e. The fourth-order valence-electron chi connectivity index (χ4n) is 8.08. The molecule has 14 nitrogen and oxygen atoms in total. The summed E-state index contributed by atoms with van der Waals surface area (Å²) in [6.45, 7) is 0. The molecule has 1 atom stereocenters. The minimum atomic E-state index is -0.770. The first-order chi connectivity index (χ1) is 26.5. The summed E-state index contributed by atoms with van der Waals surface area (Å²) < 4.78 is 6.02. The van der Waals surface area contributed by atoms with Crippen molar-refractivity contribution >= 4 is 61.4 Å². The van der Waals surface area contributed by atoms with Crippen molar-refractivity contribution in [2.45, 2.75) is 6.04 Å². The Labute approximate surface area is 314 Å². The number of pyridine rings is 1. The van der Waals surface area contributed by atoms with E-state index in [0.29, 0.717) is 34.2 Å². The summed E-state index contributed by atoms with van der Waals surface area (Å²) in [6, 6.07) is 34.3. The fraction of sp³-hybridized carbons (Fsp3) is 0.146. The van der Waals surface area contributed by atoms with Crippen LogP contribution in [-0.4, -0.2) is 45.0 Å². The van der Waals surface area contributed by atoms with Crippen molar-refractivity contribution in [1.82, 2.24) is 14.0 Å². The molecule has 1 aliphatic heterocycles. The Morgan fingerprint density at radius 1 is 0.727 bits per heavy atom. The maximum absolute atomic E-state index is 11.7. The van der Waals surface area contributed by atoms with Gasteiger partial charge in [-0.15, -0.1) is 0 Å². The largest absolute Gasteiger partial charge is 0.363 e. The lowest BCUT2D eigenvalue weighted by Crippen LogP contribution is -2.45. The van der Waals surface area contributed by atoms with Gasteiger partial charge in [-0.2, -0.15) is 15.1 Å². The highest BCUT2D eigenvalue weighted by Gasteiger charge is 2.46. The molecule has 0 bridgehead atoms. The minimum absolute atomic E-state index is 0.0592. The molecule has 1 aliphatic rings. The number of aryl methyl sites for hydroxylation is 2. The van der Waals surface area contributed by atoms with Crippen molar-refractivity contribution in [3.05, 3.63) is 146 Å². The number of nitrogens with zero attached hydrogens (tertiary/aromatic N) is 10. The van der Waals surface area contributed by atoms with Gasteiger partial charge in [0.15, 0.2) is 11.6 Å². The SMILES string of the molecule is CN(C)C1=C(C#N)C(N(C)c2c(C#N)cc3c(c4ccccc4n3C)[n+]2-c2ccc([N+](=O)[O-])cc2)c2c(c3ccccc3n2C)N1c1ccc([N+](=O)[O-])cc1. The molecule has 7 aromatic rings. The zero-order valence-electron chi connectivity index (χ0n) is 30.5. The maximum Gasteiger partial charge on any atom is 0.301 e. The van der Waals surface area contributed by atoms with Crippen molar-refractivity contribution < 1.29 is 14.4 Å². The average Bonchev–Trinajstić information content (AvgIpc) is 3.65. The Morgan fingerprint density at radius 2 is 1.29 bits per heavy atom. The first kappa shape index (κ1) is 34.4. The van der Waals surface area contributed by atoms with E-state index >= 15 is 0 Å². The van der Waals surface area contributed by atoms with Crippen molar-refractivity contribution in [2.24, 2.45) is 14.1 Å². The average molecular weight is 730 g/mol. The van der Waals surface area contributed by atoms with Crippen LogP contribution in [-0.2, 0) is 14.1 Å². The van der Waals surface area contributed by atoms with Crippen molar-refractivity contribution in [1.29, 1.82) is 10.5 Å². The highest BCUT2D eigenvalue weighted by atomic mass is 16.6. The normalized spacial score (nSPS) is 13.9. The van der Waals surface area contributed by atoms with Crippen LogP contribution in [0.1, 0.15) is 17.3 Å². The van der Waals surface area contributed by atoms with Gasteiger partial charge in [0.1, 0.15) is 34.8 Å². The Morgan fingerprint density at radius 3 is 1.85 bits per heavy atom. The molecule has 0 spiro atoms. The van der Waals surface area contributed by atoms with Crippen LogP contribution >= 0.6 is 0 Å². The second kappa shape index (κ2) is 12.8. The zero-order chi connectivity index (χ0) is 38.9. The van der Waals surface area contributed by atoms with Gasteiger partial charge in [0.25, 0.3) is 11.4 Å². The molecular weight excluding hydrogens is 697 g/mol. The number of para-hydroxylation sites is 2. The molecule has 0 fully saturated rings. The number of aromatic nitrogens is 3. The van der Waals surface area contributed by atoms with Gasteiger partial charge in [0.05, 0.1) is 44.8 Å². The van der Waals surface area contributed by atoms with E-state index in [2.05, 4.69) is 12.1 Å². The second-order valence-electron chi connectivity index (χ2n) is 13.6. The molecular formula is C41H33N10O4+. The molecule has 0 radical (unpaired) electrons. The van der Waals surface area contributed by atoms with Crippen LogP contribution in [0.5, 0.6) is 0 Å². The number of anilines is 3. The number of rotatable bonds is 7. The third-order valence-electron chi connectivity index (χ3n) is 10.4. The Kier molecular flexibility index (Phi) is 7.97. The summed E-state index contributed by atoms with van der Waals surface area (Å²) in [6.07, 6.45) is 0. The van der Waals surface area contributed by atoms with Gasteiger partial charge in [-0.1, -0.05) is 30.3 Å². The Bertz CT molecular complexity index is 2870. The summed E-state index contributed by atoms with van der Waals surface area (Å²) in [5.74, 6) is 1.01. The molecule has 8 rings (SSSR count). The van der Waals surface area contributed by atoms with E-state index in [1.807, 2.05) is 118 Å². The van der Waals surface area contributed by atoms with E-state index in [-0.39, 0.29) is 11.4 Å². The van der Waals surface area contributed by atoms with Gasteiger partial charge in [-0.25, -0.2) is 4.90 Å². The molecule has 3 aromatic heterocycles. The highest BCUT2D eigenvalue weighted by Crippen LogP contribution is 2.51. The number of nitro benzene ring substituents is 2. The number of non-ortho nitro benzene ring substituents is 2. The van der Waals surface area contributed by atoms with Crippen LogP contribution < -0.4 is 14.4 Å². The van der Waals surface area contributed by atoms with Gasteiger partial charge in [-0.3, -0.25) is 25.1 Å². The number of hydrogen-bond acceptors (Lipinski definition) is 9. The van der Waals surface area contributed by atoms with Crippen LogP contribution in [0, 0.1) is 42.9 Å². The second-order valence-corrected chi connectivity index (χ2v) is 13.6. The molecule has 270 valence electrons. The minimum Gasteiger partial charge on any atom is -0.363 e. The van der Waals surface area contributed by atoms with E-state index in [1.54, 1.807) is 24.3 Å². The van der Waals surface area contributed by atoms with Crippen molar-refractivity contribution in [2.75, 3.05) is 30.9 Å². The fourth-order valence-corrected chi connectivity index (χ4v) is 8.08. The number of likely N-dealkylation sites (N-methyl/N-ethyl adjacent to an activating group) is 1. The quantitative estimate of drug-likeness (QED) is 0.0925. The first-order valence-electron chi connectivity index (χ1n) is 17.3. The lowest BCUT2D eigenvalue weighted by atomic mass is 9.94. The molecule has 0 aliphatic carbocycles. The van der Waals surface area contributed by atoms with Crippen LogP contribution in [0.4, 0.5) is 28.6 Å². The third kappa shape index (κ3) is 5.04. The summed E-state index contributed by atoms with van der Waals surface area (Å²) in [5, 5.41) is 47.3. The highest BCUT2D eigenvalue weighted by molar-refractivity contribution is 6.05. The monoisotopic (exact) mass is 729 g/mol. The van der Waals surface area contributed by atoms with Gasteiger partial charge in [-0.05, 0) is 48.5 Å². The van der Waals surface area contributed by atoms with Crippen LogP contribution in [0.25, 0.3) is 38.5 Å². The number of benzene rings is 4. The molecule has 55 heavy (non-hydrogen) atoms. The van der Waals surface area contributed by atoms with Gasteiger partial charge >= 0.3 is 5.82 Å². The molecule has 0 N–H and O–H groups in total. The van der Waals surface area contributed by atoms with E-state index < -0.39 is 15.9 Å². The van der Waals surface area contributed by atoms with E-state index in [0.717, 1.165) is 44.2 Å². The first-order valence-corrected chi connectivity index (χ1v) is 17.3.